The molecule has 0 amide bonds. The van der Waals surface area contributed by atoms with Crippen LogP contribution in [-0.2, 0) is 0 Å². The predicted octanol–water partition coefficient (Wildman–Crippen LogP) is 4.59. The van der Waals surface area contributed by atoms with Crippen molar-refractivity contribution in [1.29, 1.82) is 0 Å². The molecular weight excluding hydrogens is 286 g/mol. The van der Waals surface area contributed by atoms with Crippen LogP contribution in [0, 0.1) is 0 Å². The minimum Gasteiger partial charge on any atom is -0.438 e. The van der Waals surface area contributed by atoms with E-state index in [0.717, 1.165) is 38.5 Å². The molecule has 0 unspecified atom stereocenters. The molecule has 4 heterocycles. The van der Waals surface area contributed by atoms with E-state index in [0.29, 0.717) is 5.71 Å². The standard InChI is InChI=1S/C19H11N3O/c1-2-5-13-11-22-15(10-12(13)4-1)18-17-14-6-3-8-21-19(14)23-16(17)7-9-20-18/h1-11H. The minimum absolute atomic E-state index is 0.623. The average Bonchev–Trinajstić information content (AvgIpc) is 3.00. The number of furan rings is 1. The first-order chi connectivity index (χ1) is 11.4. The van der Waals surface area contributed by atoms with E-state index in [1.54, 1.807) is 12.4 Å². The number of fused-ring (bicyclic) bond motifs is 4. The largest absolute Gasteiger partial charge is 0.438 e. The van der Waals surface area contributed by atoms with Crippen LogP contribution < -0.4 is 0 Å². The summed E-state index contributed by atoms with van der Waals surface area (Å²) < 4.78 is 5.82. The van der Waals surface area contributed by atoms with Gasteiger partial charge in [-0.2, -0.15) is 0 Å². The summed E-state index contributed by atoms with van der Waals surface area (Å²) in [5, 5.41) is 4.17. The highest BCUT2D eigenvalue weighted by Gasteiger charge is 2.15. The lowest BCUT2D eigenvalue weighted by Crippen LogP contribution is -1.88. The van der Waals surface area contributed by atoms with Gasteiger partial charge in [0.2, 0.25) is 5.71 Å². The molecule has 5 aromatic rings. The van der Waals surface area contributed by atoms with Gasteiger partial charge in [0.15, 0.2) is 0 Å². The zero-order valence-electron chi connectivity index (χ0n) is 12.1. The first kappa shape index (κ1) is 12.3. The molecule has 4 nitrogen and oxygen atoms in total. The van der Waals surface area contributed by atoms with E-state index in [-0.39, 0.29) is 0 Å². The number of benzene rings is 1. The fourth-order valence-electron chi connectivity index (χ4n) is 2.96. The van der Waals surface area contributed by atoms with Crippen molar-refractivity contribution in [2.45, 2.75) is 0 Å². The highest BCUT2D eigenvalue weighted by Crippen LogP contribution is 2.34. The number of pyridine rings is 3. The summed E-state index contributed by atoms with van der Waals surface area (Å²) >= 11 is 0. The van der Waals surface area contributed by atoms with Crippen molar-refractivity contribution in [3.8, 4) is 11.4 Å². The molecule has 4 heteroatoms. The minimum atomic E-state index is 0.623. The third-order valence-electron chi connectivity index (χ3n) is 4.03. The van der Waals surface area contributed by atoms with Gasteiger partial charge in [-0.05, 0) is 29.7 Å². The number of hydrogen-bond acceptors (Lipinski definition) is 4. The molecule has 0 saturated heterocycles. The van der Waals surface area contributed by atoms with Crippen molar-refractivity contribution in [1.82, 2.24) is 15.0 Å². The van der Waals surface area contributed by atoms with Crippen LogP contribution in [0.2, 0.25) is 0 Å². The summed E-state index contributed by atoms with van der Waals surface area (Å²) in [6, 6.07) is 16.0. The van der Waals surface area contributed by atoms with Crippen LogP contribution in [0.25, 0.3) is 44.2 Å². The van der Waals surface area contributed by atoms with Gasteiger partial charge in [-0.25, -0.2) is 4.98 Å². The van der Waals surface area contributed by atoms with Crippen LogP contribution >= 0.6 is 0 Å². The van der Waals surface area contributed by atoms with E-state index in [9.17, 15) is 0 Å². The lowest BCUT2D eigenvalue weighted by Gasteiger charge is -2.04. The van der Waals surface area contributed by atoms with E-state index in [4.69, 9.17) is 4.42 Å². The molecule has 5 rings (SSSR count). The number of aromatic nitrogens is 3. The Bertz CT molecular complexity index is 1180. The Kier molecular flexibility index (Phi) is 2.46. The molecule has 0 aliphatic heterocycles. The maximum absolute atomic E-state index is 5.82. The molecule has 1 aromatic carbocycles. The molecule has 0 fully saturated rings. The lowest BCUT2D eigenvalue weighted by molar-refractivity contribution is 0.654. The SMILES string of the molecule is c1ccc2cc(-c3nccc4oc5ncccc5c34)ncc2c1. The molecule has 0 aliphatic carbocycles. The van der Waals surface area contributed by atoms with Gasteiger partial charge in [-0.1, -0.05) is 24.3 Å². The highest BCUT2D eigenvalue weighted by atomic mass is 16.3. The quantitative estimate of drug-likeness (QED) is 0.454. The zero-order chi connectivity index (χ0) is 15.2. The van der Waals surface area contributed by atoms with Gasteiger partial charge < -0.3 is 4.42 Å². The summed E-state index contributed by atoms with van der Waals surface area (Å²) in [5.74, 6) is 0. The monoisotopic (exact) mass is 297 g/mol. The Labute approximate surface area is 131 Å². The van der Waals surface area contributed by atoms with E-state index >= 15 is 0 Å². The van der Waals surface area contributed by atoms with Gasteiger partial charge in [0, 0.05) is 24.0 Å². The van der Waals surface area contributed by atoms with Crippen LogP contribution in [-0.4, -0.2) is 15.0 Å². The fraction of sp³-hybridized carbons (Fsp3) is 0. The number of hydrogen-bond donors (Lipinski definition) is 0. The van der Waals surface area contributed by atoms with Crippen molar-refractivity contribution < 1.29 is 4.42 Å². The Morgan fingerprint density at radius 1 is 0.783 bits per heavy atom. The molecule has 0 spiro atoms. The van der Waals surface area contributed by atoms with E-state index in [2.05, 4.69) is 33.2 Å². The van der Waals surface area contributed by atoms with Crippen LogP contribution in [0.4, 0.5) is 0 Å². The summed E-state index contributed by atoms with van der Waals surface area (Å²) in [6.45, 7) is 0. The molecule has 0 N–H and O–H groups in total. The molecule has 0 atom stereocenters. The summed E-state index contributed by atoms with van der Waals surface area (Å²) in [7, 11) is 0. The summed E-state index contributed by atoms with van der Waals surface area (Å²) in [4.78, 5) is 13.4. The van der Waals surface area contributed by atoms with Crippen molar-refractivity contribution in [2.75, 3.05) is 0 Å². The van der Waals surface area contributed by atoms with Gasteiger partial charge in [0.25, 0.3) is 0 Å². The van der Waals surface area contributed by atoms with Crippen molar-refractivity contribution in [3.63, 3.8) is 0 Å². The molecule has 0 radical (unpaired) electrons. The Morgan fingerprint density at radius 2 is 1.70 bits per heavy atom. The zero-order valence-corrected chi connectivity index (χ0v) is 12.1. The molecule has 4 aromatic heterocycles. The number of rotatable bonds is 1. The van der Waals surface area contributed by atoms with Crippen LogP contribution in [0.1, 0.15) is 0 Å². The summed E-state index contributed by atoms with van der Waals surface area (Å²) in [6.07, 6.45) is 5.36. The second-order valence-corrected chi connectivity index (χ2v) is 5.41. The van der Waals surface area contributed by atoms with Gasteiger partial charge in [0.05, 0.1) is 16.5 Å². The summed E-state index contributed by atoms with van der Waals surface area (Å²) in [5.41, 5.74) is 3.05. The van der Waals surface area contributed by atoms with E-state index in [1.165, 1.54) is 0 Å². The van der Waals surface area contributed by atoms with Crippen molar-refractivity contribution >= 4 is 32.8 Å². The topological polar surface area (TPSA) is 51.8 Å². The lowest BCUT2D eigenvalue weighted by atomic mass is 10.1. The van der Waals surface area contributed by atoms with Gasteiger partial charge in [-0.15, -0.1) is 0 Å². The predicted molar refractivity (Wildman–Crippen MR) is 90.0 cm³/mol. The second-order valence-electron chi connectivity index (χ2n) is 5.41. The normalized spacial score (nSPS) is 11.5. The fourth-order valence-corrected chi connectivity index (χ4v) is 2.96. The van der Waals surface area contributed by atoms with Gasteiger partial charge in [-0.3, -0.25) is 9.97 Å². The second kappa shape index (κ2) is 4.61. The molecule has 0 aliphatic rings. The van der Waals surface area contributed by atoms with Gasteiger partial charge >= 0.3 is 0 Å². The van der Waals surface area contributed by atoms with Crippen LogP contribution in [0.5, 0.6) is 0 Å². The third-order valence-corrected chi connectivity index (χ3v) is 4.03. The van der Waals surface area contributed by atoms with E-state index < -0.39 is 0 Å². The first-order valence-corrected chi connectivity index (χ1v) is 7.37. The number of nitrogens with zero attached hydrogens (tertiary/aromatic N) is 3. The Balaban J connectivity index is 1.87. The Morgan fingerprint density at radius 3 is 2.65 bits per heavy atom. The third kappa shape index (κ3) is 1.82. The average molecular weight is 297 g/mol. The highest BCUT2D eigenvalue weighted by molar-refractivity contribution is 6.10. The molecule has 23 heavy (non-hydrogen) atoms. The van der Waals surface area contributed by atoms with Gasteiger partial charge in [0.1, 0.15) is 11.3 Å². The maximum atomic E-state index is 5.82. The first-order valence-electron chi connectivity index (χ1n) is 7.37. The molecule has 0 saturated carbocycles. The van der Waals surface area contributed by atoms with E-state index in [1.807, 2.05) is 36.5 Å². The smallest absolute Gasteiger partial charge is 0.227 e. The molecule has 108 valence electrons. The maximum Gasteiger partial charge on any atom is 0.227 e. The Hall–Kier alpha value is -3.27. The van der Waals surface area contributed by atoms with Crippen molar-refractivity contribution in [2.24, 2.45) is 0 Å². The van der Waals surface area contributed by atoms with Crippen molar-refractivity contribution in [3.05, 3.63) is 67.1 Å². The van der Waals surface area contributed by atoms with Crippen LogP contribution in [0.3, 0.4) is 0 Å². The molecule has 0 bridgehead atoms. The van der Waals surface area contributed by atoms with Crippen LogP contribution in [0.15, 0.2) is 71.5 Å². The molecular formula is C19H11N3O.